The second kappa shape index (κ2) is 10.2. The van der Waals surface area contributed by atoms with E-state index in [1.807, 2.05) is 25.3 Å². The van der Waals surface area contributed by atoms with Crippen molar-refractivity contribution in [2.24, 2.45) is 0 Å². The minimum absolute atomic E-state index is 0.166. The Bertz CT molecular complexity index is 1250. The van der Waals surface area contributed by atoms with Crippen LogP contribution in [0.1, 0.15) is 65.9 Å². The Morgan fingerprint density at radius 1 is 1.29 bits per heavy atom. The van der Waals surface area contributed by atoms with Crippen LogP contribution in [0, 0.1) is 11.3 Å². The summed E-state index contributed by atoms with van der Waals surface area (Å²) in [5, 5.41) is 21.2. The summed E-state index contributed by atoms with van der Waals surface area (Å²) in [7, 11) is 0. The summed E-state index contributed by atoms with van der Waals surface area (Å²) < 4.78 is 9.00. The van der Waals surface area contributed by atoms with Gasteiger partial charge >= 0.3 is 0 Å². The fourth-order valence-corrected chi connectivity index (χ4v) is 4.13. The molecule has 10 heteroatoms. The molecule has 4 rings (SSSR count). The number of Topliss-reactive ketones (excluding diaryl/α,β-unsaturated/α-hetero) is 1. The van der Waals surface area contributed by atoms with Crippen LogP contribution in [0.3, 0.4) is 0 Å². The number of carbonyl (C=O) groups is 2. The number of aromatic nitrogens is 4. The lowest BCUT2D eigenvalue weighted by Gasteiger charge is -2.24. The van der Waals surface area contributed by atoms with Crippen LogP contribution in [0.15, 0.2) is 36.5 Å². The van der Waals surface area contributed by atoms with Crippen molar-refractivity contribution in [3.8, 4) is 17.3 Å². The SMILES string of the molecule is CC(=O)c1cc(C(=O)N[C@@H](C)Cn2ccc(-c3ccc(C#N)c(Cl)c3)n2)nn1C1CCCCO1. The highest BCUT2D eigenvalue weighted by atomic mass is 35.5. The van der Waals surface area contributed by atoms with Gasteiger partial charge in [0.25, 0.3) is 5.91 Å². The summed E-state index contributed by atoms with van der Waals surface area (Å²) in [6.45, 7) is 4.37. The molecule has 0 bridgehead atoms. The maximum atomic E-state index is 12.8. The largest absolute Gasteiger partial charge is 0.356 e. The molecular formula is C24H25ClN6O3. The molecular weight excluding hydrogens is 456 g/mol. The third-order valence-corrected chi connectivity index (χ3v) is 5.93. The van der Waals surface area contributed by atoms with Crippen molar-refractivity contribution in [1.29, 1.82) is 5.26 Å². The van der Waals surface area contributed by atoms with E-state index >= 15 is 0 Å². The van der Waals surface area contributed by atoms with Gasteiger partial charge in [-0.15, -0.1) is 0 Å². The molecule has 3 aromatic rings. The molecule has 1 aliphatic rings. The number of halogens is 1. The van der Waals surface area contributed by atoms with Crippen LogP contribution in [0.2, 0.25) is 5.02 Å². The van der Waals surface area contributed by atoms with E-state index in [2.05, 4.69) is 15.5 Å². The molecule has 3 heterocycles. The van der Waals surface area contributed by atoms with Crippen molar-refractivity contribution in [3.05, 3.63) is 58.5 Å². The maximum absolute atomic E-state index is 12.8. The van der Waals surface area contributed by atoms with Gasteiger partial charge in [0.1, 0.15) is 11.8 Å². The van der Waals surface area contributed by atoms with Crippen LogP contribution in [-0.4, -0.2) is 43.9 Å². The van der Waals surface area contributed by atoms with Crippen molar-refractivity contribution in [2.75, 3.05) is 6.61 Å². The van der Waals surface area contributed by atoms with Crippen LogP contribution in [0.4, 0.5) is 0 Å². The third-order valence-electron chi connectivity index (χ3n) is 5.62. The highest BCUT2D eigenvalue weighted by molar-refractivity contribution is 6.32. The van der Waals surface area contributed by atoms with Crippen molar-refractivity contribution in [1.82, 2.24) is 24.9 Å². The predicted octanol–water partition coefficient (Wildman–Crippen LogP) is 3.99. The third kappa shape index (κ3) is 5.19. The lowest BCUT2D eigenvalue weighted by atomic mass is 10.1. The fraction of sp³-hybridized carbons (Fsp3) is 0.375. The van der Waals surface area contributed by atoms with Gasteiger partial charge in [0.15, 0.2) is 17.7 Å². The molecule has 0 radical (unpaired) electrons. The predicted molar refractivity (Wildman–Crippen MR) is 125 cm³/mol. The normalized spacial score (nSPS) is 16.6. The zero-order valence-electron chi connectivity index (χ0n) is 19.0. The molecule has 1 unspecified atom stereocenters. The zero-order valence-corrected chi connectivity index (χ0v) is 19.7. The summed E-state index contributed by atoms with van der Waals surface area (Å²) in [4.78, 5) is 24.9. The smallest absolute Gasteiger partial charge is 0.272 e. The number of nitrogens with one attached hydrogen (secondary N) is 1. The summed E-state index contributed by atoms with van der Waals surface area (Å²) in [5.74, 6) is -0.531. The first-order valence-electron chi connectivity index (χ1n) is 11.1. The number of hydrogen-bond donors (Lipinski definition) is 1. The molecule has 0 saturated carbocycles. The number of rotatable bonds is 7. The van der Waals surface area contributed by atoms with Crippen molar-refractivity contribution >= 4 is 23.3 Å². The highest BCUT2D eigenvalue weighted by Crippen LogP contribution is 2.25. The number of ketones is 1. The topological polar surface area (TPSA) is 115 Å². The minimum Gasteiger partial charge on any atom is -0.356 e. The van der Waals surface area contributed by atoms with Crippen LogP contribution in [0.25, 0.3) is 11.3 Å². The molecule has 176 valence electrons. The molecule has 1 aliphatic heterocycles. The average molecular weight is 481 g/mol. The number of benzene rings is 1. The van der Waals surface area contributed by atoms with E-state index in [9.17, 15) is 9.59 Å². The van der Waals surface area contributed by atoms with Crippen LogP contribution < -0.4 is 5.32 Å². The Balaban J connectivity index is 1.42. The van der Waals surface area contributed by atoms with Crippen molar-refractivity contribution in [3.63, 3.8) is 0 Å². The monoisotopic (exact) mass is 480 g/mol. The lowest BCUT2D eigenvalue weighted by Crippen LogP contribution is -2.36. The summed E-state index contributed by atoms with van der Waals surface area (Å²) in [6.07, 6.45) is 4.20. The number of carbonyl (C=O) groups excluding carboxylic acids is 2. The van der Waals surface area contributed by atoms with Crippen LogP contribution in [0.5, 0.6) is 0 Å². The summed E-state index contributed by atoms with van der Waals surface area (Å²) in [5.41, 5.74) is 2.46. The Hall–Kier alpha value is -3.48. The molecule has 1 amide bonds. The molecule has 1 N–H and O–H groups in total. The van der Waals surface area contributed by atoms with Gasteiger partial charge in [-0.3, -0.25) is 14.3 Å². The molecule has 2 aromatic heterocycles. The fourth-order valence-electron chi connectivity index (χ4n) is 3.91. The Morgan fingerprint density at radius 2 is 2.12 bits per heavy atom. The standard InChI is InChI=1S/C24H25ClN6O3/c1-15(14-30-9-8-20(28-30)17-6-7-18(13-26)19(25)11-17)27-24(33)21-12-22(16(2)32)31(29-21)23-5-3-4-10-34-23/h6-9,11-12,15,23H,3-5,10,14H2,1-2H3,(H,27,33)/t15-,23?/m0/s1. The zero-order chi connectivity index (χ0) is 24.2. The number of ether oxygens (including phenoxy) is 1. The first-order valence-corrected chi connectivity index (χ1v) is 11.5. The van der Waals surface area contributed by atoms with E-state index in [1.54, 1.807) is 22.9 Å². The average Bonchev–Trinajstić information content (AvgIpc) is 3.47. The van der Waals surface area contributed by atoms with Gasteiger partial charge in [-0.25, -0.2) is 4.68 Å². The van der Waals surface area contributed by atoms with Crippen molar-refractivity contribution in [2.45, 2.75) is 51.9 Å². The van der Waals surface area contributed by atoms with Crippen molar-refractivity contribution < 1.29 is 14.3 Å². The summed E-state index contributed by atoms with van der Waals surface area (Å²) >= 11 is 6.13. The molecule has 34 heavy (non-hydrogen) atoms. The molecule has 0 aliphatic carbocycles. The Morgan fingerprint density at radius 3 is 2.79 bits per heavy atom. The number of nitrogens with zero attached hydrogens (tertiary/aromatic N) is 5. The van der Waals surface area contributed by atoms with Gasteiger partial charge in [-0.1, -0.05) is 17.7 Å². The van der Waals surface area contributed by atoms with Crippen LogP contribution >= 0.6 is 11.6 Å². The van der Waals surface area contributed by atoms with E-state index in [0.29, 0.717) is 35.1 Å². The second-order valence-electron chi connectivity index (χ2n) is 8.34. The van der Waals surface area contributed by atoms with Gasteiger partial charge < -0.3 is 10.1 Å². The first-order chi connectivity index (χ1) is 16.4. The quantitative estimate of drug-likeness (QED) is 0.511. The van der Waals surface area contributed by atoms with E-state index in [4.69, 9.17) is 21.6 Å². The van der Waals surface area contributed by atoms with Gasteiger partial charge in [0.05, 0.1) is 22.8 Å². The molecule has 1 aromatic carbocycles. The second-order valence-corrected chi connectivity index (χ2v) is 8.75. The van der Waals surface area contributed by atoms with Gasteiger partial charge in [0.2, 0.25) is 0 Å². The van der Waals surface area contributed by atoms with Gasteiger partial charge in [-0.05, 0) is 44.4 Å². The number of amides is 1. The number of hydrogen-bond acceptors (Lipinski definition) is 6. The minimum atomic E-state index is -0.365. The van der Waals surface area contributed by atoms with E-state index in [1.165, 1.54) is 17.7 Å². The molecule has 1 saturated heterocycles. The summed E-state index contributed by atoms with van der Waals surface area (Å²) in [6, 6.07) is 10.3. The molecule has 2 atom stereocenters. The van der Waals surface area contributed by atoms with E-state index in [0.717, 1.165) is 24.8 Å². The van der Waals surface area contributed by atoms with E-state index in [-0.39, 0.29) is 29.7 Å². The molecule has 0 spiro atoms. The molecule has 9 nitrogen and oxygen atoms in total. The number of nitriles is 1. The van der Waals surface area contributed by atoms with Gasteiger partial charge in [0, 0.05) is 37.4 Å². The van der Waals surface area contributed by atoms with E-state index < -0.39 is 0 Å². The first kappa shape index (κ1) is 23.7. The lowest BCUT2D eigenvalue weighted by molar-refractivity contribution is -0.0406. The maximum Gasteiger partial charge on any atom is 0.272 e. The molecule has 1 fully saturated rings. The van der Waals surface area contributed by atoms with Crippen LogP contribution in [-0.2, 0) is 11.3 Å². The Labute approximate surface area is 202 Å². The Kier molecular flexibility index (Phi) is 7.10. The van der Waals surface area contributed by atoms with Gasteiger partial charge in [-0.2, -0.15) is 15.5 Å². The highest BCUT2D eigenvalue weighted by Gasteiger charge is 2.25.